The smallest absolute Gasteiger partial charge is 0.242 e. The molecule has 0 aliphatic heterocycles. The lowest BCUT2D eigenvalue weighted by molar-refractivity contribution is -0.139. The monoisotopic (exact) mass is 242 g/mol. The summed E-state index contributed by atoms with van der Waals surface area (Å²) in [6.07, 6.45) is 4.57. The van der Waals surface area contributed by atoms with Crippen LogP contribution in [0.4, 0.5) is 0 Å². The molecule has 102 valence electrons. The molecule has 0 spiro atoms. The van der Waals surface area contributed by atoms with E-state index >= 15 is 0 Å². The molecule has 0 aromatic heterocycles. The molecule has 0 saturated heterocycles. The molecule has 1 atom stereocenters. The standard InChI is InChI=1S/C14H30N2O/c1-6-10-11-16(12(5)7-2)13(17)14(15,8-3)9-4/h12H,6-11,15H2,1-5H3. The maximum atomic E-state index is 12.5. The fourth-order valence-electron chi connectivity index (χ4n) is 1.91. The Morgan fingerprint density at radius 1 is 1.24 bits per heavy atom. The van der Waals surface area contributed by atoms with Gasteiger partial charge in [-0.3, -0.25) is 4.79 Å². The number of unbranched alkanes of at least 4 members (excludes halogenated alkanes) is 1. The minimum atomic E-state index is -0.669. The highest BCUT2D eigenvalue weighted by molar-refractivity contribution is 5.86. The number of rotatable bonds is 8. The van der Waals surface area contributed by atoms with Crippen LogP contribution >= 0.6 is 0 Å². The third-order valence-electron chi connectivity index (χ3n) is 3.82. The Morgan fingerprint density at radius 3 is 2.12 bits per heavy atom. The Bertz CT molecular complexity index is 224. The molecule has 3 nitrogen and oxygen atoms in total. The molecular weight excluding hydrogens is 212 g/mol. The van der Waals surface area contributed by atoms with Crippen molar-refractivity contribution in [3.63, 3.8) is 0 Å². The van der Waals surface area contributed by atoms with Gasteiger partial charge in [0.2, 0.25) is 5.91 Å². The van der Waals surface area contributed by atoms with E-state index in [0.29, 0.717) is 12.8 Å². The van der Waals surface area contributed by atoms with E-state index in [-0.39, 0.29) is 11.9 Å². The molecule has 1 amide bonds. The van der Waals surface area contributed by atoms with Gasteiger partial charge in [0.25, 0.3) is 0 Å². The van der Waals surface area contributed by atoms with Crippen molar-refractivity contribution in [1.29, 1.82) is 0 Å². The van der Waals surface area contributed by atoms with Gasteiger partial charge in [-0.05, 0) is 32.6 Å². The summed E-state index contributed by atoms with van der Waals surface area (Å²) in [5.74, 6) is 0.130. The third kappa shape index (κ3) is 4.30. The largest absolute Gasteiger partial charge is 0.338 e. The highest BCUT2D eigenvalue weighted by atomic mass is 16.2. The normalized spacial score (nSPS) is 13.5. The summed E-state index contributed by atoms with van der Waals surface area (Å²) < 4.78 is 0. The molecular formula is C14H30N2O. The van der Waals surface area contributed by atoms with Crippen LogP contribution < -0.4 is 5.73 Å². The topological polar surface area (TPSA) is 46.3 Å². The lowest BCUT2D eigenvalue weighted by Crippen LogP contribution is -2.56. The maximum Gasteiger partial charge on any atom is 0.242 e. The van der Waals surface area contributed by atoms with Gasteiger partial charge in [0.05, 0.1) is 5.54 Å². The SMILES string of the molecule is CCCCN(C(=O)C(N)(CC)CC)C(C)CC. The number of hydrogen-bond acceptors (Lipinski definition) is 2. The number of nitrogens with zero attached hydrogens (tertiary/aromatic N) is 1. The first-order valence-electron chi connectivity index (χ1n) is 7.06. The first-order valence-corrected chi connectivity index (χ1v) is 7.06. The minimum Gasteiger partial charge on any atom is -0.338 e. The van der Waals surface area contributed by atoms with Crippen molar-refractivity contribution in [2.45, 2.75) is 78.3 Å². The fourth-order valence-corrected chi connectivity index (χ4v) is 1.91. The van der Waals surface area contributed by atoms with E-state index in [1.807, 2.05) is 18.7 Å². The first kappa shape index (κ1) is 16.4. The van der Waals surface area contributed by atoms with Crippen LogP contribution in [-0.2, 0) is 4.79 Å². The van der Waals surface area contributed by atoms with Crippen LogP contribution in [0.5, 0.6) is 0 Å². The van der Waals surface area contributed by atoms with Gasteiger partial charge in [0, 0.05) is 12.6 Å². The van der Waals surface area contributed by atoms with Gasteiger partial charge in [0.1, 0.15) is 0 Å². The van der Waals surface area contributed by atoms with Crippen LogP contribution in [0.1, 0.15) is 66.7 Å². The number of carbonyl (C=O) groups is 1. The highest BCUT2D eigenvalue weighted by Gasteiger charge is 2.35. The second kappa shape index (κ2) is 7.70. The van der Waals surface area contributed by atoms with Crippen molar-refractivity contribution in [1.82, 2.24) is 4.90 Å². The summed E-state index contributed by atoms with van der Waals surface area (Å²) in [4.78, 5) is 14.5. The molecule has 1 unspecified atom stereocenters. The molecule has 0 bridgehead atoms. The lowest BCUT2D eigenvalue weighted by atomic mass is 9.91. The molecule has 0 heterocycles. The second-order valence-electron chi connectivity index (χ2n) is 4.97. The van der Waals surface area contributed by atoms with E-state index in [1.54, 1.807) is 0 Å². The van der Waals surface area contributed by atoms with Gasteiger partial charge < -0.3 is 10.6 Å². The van der Waals surface area contributed by atoms with Crippen LogP contribution in [0.15, 0.2) is 0 Å². The van der Waals surface area contributed by atoms with E-state index in [4.69, 9.17) is 5.73 Å². The molecule has 3 heteroatoms. The summed E-state index contributed by atoms with van der Waals surface area (Å²) >= 11 is 0. The van der Waals surface area contributed by atoms with Crippen molar-refractivity contribution in [3.05, 3.63) is 0 Å². The Kier molecular flexibility index (Phi) is 7.44. The Balaban J connectivity index is 4.84. The molecule has 17 heavy (non-hydrogen) atoms. The van der Waals surface area contributed by atoms with Gasteiger partial charge in [0.15, 0.2) is 0 Å². The van der Waals surface area contributed by atoms with Crippen molar-refractivity contribution >= 4 is 5.91 Å². The zero-order chi connectivity index (χ0) is 13.5. The summed E-state index contributed by atoms with van der Waals surface area (Å²) in [6.45, 7) is 11.2. The average molecular weight is 242 g/mol. The maximum absolute atomic E-state index is 12.5. The lowest BCUT2D eigenvalue weighted by Gasteiger charge is -2.36. The predicted molar refractivity (Wildman–Crippen MR) is 73.9 cm³/mol. The molecule has 0 saturated carbocycles. The summed E-state index contributed by atoms with van der Waals surface area (Å²) in [5.41, 5.74) is 5.54. The van der Waals surface area contributed by atoms with Gasteiger partial charge in [-0.2, -0.15) is 0 Å². The van der Waals surface area contributed by atoms with Crippen LogP contribution in [0.25, 0.3) is 0 Å². The quantitative estimate of drug-likeness (QED) is 0.711. The average Bonchev–Trinajstić information content (AvgIpc) is 2.37. The zero-order valence-corrected chi connectivity index (χ0v) is 12.3. The third-order valence-corrected chi connectivity index (χ3v) is 3.82. The van der Waals surface area contributed by atoms with Gasteiger partial charge in [-0.25, -0.2) is 0 Å². The van der Waals surface area contributed by atoms with E-state index in [0.717, 1.165) is 25.8 Å². The molecule has 0 aromatic carbocycles. The number of hydrogen-bond donors (Lipinski definition) is 1. The first-order chi connectivity index (χ1) is 7.96. The second-order valence-corrected chi connectivity index (χ2v) is 4.97. The van der Waals surface area contributed by atoms with Crippen molar-refractivity contribution in [2.24, 2.45) is 5.73 Å². The molecule has 0 fully saturated rings. The molecule has 0 aliphatic rings. The van der Waals surface area contributed by atoms with Gasteiger partial charge >= 0.3 is 0 Å². The molecule has 0 aromatic rings. The molecule has 2 N–H and O–H groups in total. The number of carbonyl (C=O) groups excluding carboxylic acids is 1. The van der Waals surface area contributed by atoms with Crippen molar-refractivity contribution in [3.8, 4) is 0 Å². The van der Waals surface area contributed by atoms with Crippen molar-refractivity contribution < 1.29 is 4.79 Å². The van der Waals surface area contributed by atoms with Crippen LogP contribution in [0, 0.1) is 0 Å². The zero-order valence-electron chi connectivity index (χ0n) is 12.3. The minimum absolute atomic E-state index is 0.130. The molecule has 0 radical (unpaired) electrons. The predicted octanol–water partition coefficient (Wildman–Crippen LogP) is 2.93. The number of nitrogens with two attached hydrogens (primary N) is 1. The van der Waals surface area contributed by atoms with E-state index in [9.17, 15) is 4.79 Å². The van der Waals surface area contributed by atoms with Crippen LogP contribution in [0.3, 0.4) is 0 Å². The fraction of sp³-hybridized carbons (Fsp3) is 0.929. The van der Waals surface area contributed by atoms with Crippen LogP contribution in [-0.4, -0.2) is 28.9 Å². The Morgan fingerprint density at radius 2 is 1.76 bits per heavy atom. The highest BCUT2D eigenvalue weighted by Crippen LogP contribution is 2.18. The summed E-state index contributed by atoms with van der Waals surface area (Å²) in [6, 6.07) is 0.287. The van der Waals surface area contributed by atoms with Gasteiger partial charge in [-0.15, -0.1) is 0 Å². The van der Waals surface area contributed by atoms with Gasteiger partial charge in [-0.1, -0.05) is 34.1 Å². The molecule has 0 aliphatic carbocycles. The van der Waals surface area contributed by atoms with E-state index in [1.165, 1.54) is 0 Å². The van der Waals surface area contributed by atoms with E-state index in [2.05, 4.69) is 20.8 Å². The molecule has 0 rings (SSSR count). The summed E-state index contributed by atoms with van der Waals surface area (Å²) in [7, 11) is 0. The Hall–Kier alpha value is -0.570. The van der Waals surface area contributed by atoms with E-state index < -0.39 is 5.54 Å². The summed E-state index contributed by atoms with van der Waals surface area (Å²) in [5, 5.41) is 0. The van der Waals surface area contributed by atoms with Crippen molar-refractivity contribution in [2.75, 3.05) is 6.54 Å². The number of amides is 1. The Labute approximate surface area is 107 Å². The van der Waals surface area contributed by atoms with Crippen LogP contribution in [0.2, 0.25) is 0 Å².